The third kappa shape index (κ3) is 2.58. The van der Waals surface area contributed by atoms with Crippen LogP contribution < -0.4 is 0 Å². The number of methoxy groups -OCH3 is 1. The molecule has 0 saturated carbocycles. The highest BCUT2D eigenvalue weighted by atomic mass is 16.5. The zero-order valence-corrected chi connectivity index (χ0v) is 8.10. The van der Waals surface area contributed by atoms with Crippen LogP contribution in [0.1, 0.15) is 19.3 Å². The highest BCUT2D eigenvalue weighted by molar-refractivity contribution is 5.75. The maximum atomic E-state index is 11.3. The molecule has 78 valence electrons. The summed E-state index contributed by atoms with van der Waals surface area (Å²) in [5, 5.41) is 8.66. The van der Waals surface area contributed by atoms with Gasteiger partial charge in [0.25, 0.3) is 0 Å². The number of rotatable bonds is 3. The molecule has 0 aliphatic heterocycles. The largest absolute Gasteiger partial charge is 0.481 e. The second kappa shape index (κ2) is 4.79. The molecule has 0 spiro atoms. The highest BCUT2D eigenvalue weighted by Gasteiger charge is 2.30. The zero-order chi connectivity index (χ0) is 10.6. The lowest BCUT2D eigenvalue weighted by Crippen LogP contribution is -2.28. The molecule has 1 N–H and O–H groups in total. The fourth-order valence-corrected chi connectivity index (χ4v) is 1.76. The Morgan fingerprint density at radius 1 is 1.43 bits per heavy atom. The van der Waals surface area contributed by atoms with E-state index in [1.807, 2.05) is 12.2 Å². The summed E-state index contributed by atoms with van der Waals surface area (Å²) in [6.07, 6.45) is 5.09. The maximum Gasteiger partial charge on any atom is 0.309 e. The Morgan fingerprint density at radius 3 is 2.64 bits per heavy atom. The molecule has 1 aliphatic rings. The second-order valence-corrected chi connectivity index (χ2v) is 3.43. The normalized spacial score (nSPS) is 25.8. The van der Waals surface area contributed by atoms with Crippen molar-refractivity contribution in [1.82, 2.24) is 0 Å². The molecular formula is C10H14O4. The Bertz CT molecular complexity index is 257. The van der Waals surface area contributed by atoms with E-state index in [-0.39, 0.29) is 24.2 Å². The van der Waals surface area contributed by atoms with Gasteiger partial charge in [0.05, 0.1) is 13.0 Å². The summed E-state index contributed by atoms with van der Waals surface area (Å²) in [5.41, 5.74) is 0. The summed E-state index contributed by atoms with van der Waals surface area (Å²) in [5.74, 6) is -1.58. The number of aliphatic carboxylic acids is 1. The van der Waals surface area contributed by atoms with E-state index in [0.717, 1.165) is 0 Å². The number of carbonyl (C=O) groups excluding carboxylic acids is 1. The van der Waals surface area contributed by atoms with Crippen molar-refractivity contribution in [3.8, 4) is 0 Å². The fourth-order valence-electron chi connectivity index (χ4n) is 1.76. The van der Waals surface area contributed by atoms with Crippen LogP contribution in [-0.4, -0.2) is 24.2 Å². The number of carboxylic acid groups (broad SMARTS) is 1. The summed E-state index contributed by atoms with van der Waals surface area (Å²) >= 11 is 0. The molecule has 0 amide bonds. The SMILES string of the molecule is COC(=O)[C@@H]1CC=CC[C@@H]1CC(=O)O. The van der Waals surface area contributed by atoms with Gasteiger partial charge < -0.3 is 9.84 Å². The number of carboxylic acids is 1. The molecule has 0 aromatic carbocycles. The first-order valence-corrected chi connectivity index (χ1v) is 4.59. The van der Waals surface area contributed by atoms with Crippen molar-refractivity contribution in [3.05, 3.63) is 12.2 Å². The summed E-state index contributed by atoms with van der Waals surface area (Å²) in [4.78, 5) is 21.9. The van der Waals surface area contributed by atoms with Gasteiger partial charge in [0.15, 0.2) is 0 Å². The molecule has 1 rings (SSSR count). The number of ether oxygens (including phenoxy) is 1. The van der Waals surface area contributed by atoms with E-state index in [9.17, 15) is 9.59 Å². The predicted octanol–water partition coefficient (Wildman–Crippen LogP) is 1.22. The quantitative estimate of drug-likeness (QED) is 0.547. The van der Waals surface area contributed by atoms with Crippen LogP contribution in [0.15, 0.2) is 12.2 Å². The Morgan fingerprint density at radius 2 is 2.07 bits per heavy atom. The molecule has 4 heteroatoms. The average molecular weight is 198 g/mol. The topological polar surface area (TPSA) is 63.6 Å². The van der Waals surface area contributed by atoms with E-state index in [2.05, 4.69) is 4.74 Å². The monoisotopic (exact) mass is 198 g/mol. The lowest BCUT2D eigenvalue weighted by Gasteiger charge is -2.24. The van der Waals surface area contributed by atoms with Crippen LogP contribution in [-0.2, 0) is 14.3 Å². The van der Waals surface area contributed by atoms with Crippen molar-refractivity contribution < 1.29 is 19.4 Å². The van der Waals surface area contributed by atoms with Gasteiger partial charge in [0.2, 0.25) is 0 Å². The molecule has 0 fully saturated rings. The smallest absolute Gasteiger partial charge is 0.309 e. The number of hydrogen-bond acceptors (Lipinski definition) is 3. The summed E-state index contributed by atoms with van der Waals surface area (Å²) in [6, 6.07) is 0. The third-order valence-electron chi connectivity index (χ3n) is 2.51. The van der Waals surface area contributed by atoms with Gasteiger partial charge in [0, 0.05) is 6.42 Å². The van der Waals surface area contributed by atoms with E-state index in [1.54, 1.807) is 0 Å². The first-order valence-electron chi connectivity index (χ1n) is 4.59. The molecular weight excluding hydrogens is 184 g/mol. The van der Waals surface area contributed by atoms with Crippen LogP contribution in [0.3, 0.4) is 0 Å². The van der Waals surface area contributed by atoms with Crippen LogP contribution in [0, 0.1) is 11.8 Å². The van der Waals surface area contributed by atoms with Crippen LogP contribution >= 0.6 is 0 Å². The van der Waals surface area contributed by atoms with Gasteiger partial charge in [-0.3, -0.25) is 9.59 Å². The number of esters is 1. The summed E-state index contributed by atoms with van der Waals surface area (Å²) < 4.78 is 4.64. The van der Waals surface area contributed by atoms with Crippen molar-refractivity contribution in [2.45, 2.75) is 19.3 Å². The van der Waals surface area contributed by atoms with Crippen molar-refractivity contribution in [2.75, 3.05) is 7.11 Å². The van der Waals surface area contributed by atoms with E-state index < -0.39 is 5.97 Å². The van der Waals surface area contributed by atoms with Gasteiger partial charge in [0.1, 0.15) is 0 Å². The van der Waals surface area contributed by atoms with Crippen molar-refractivity contribution >= 4 is 11.9 Å². The molecule has 1 aliphatic carbocycles. The summed E-state index contributed by atoms with van der Waals surface area (Å²) in [6.45, 7) is 0. The summed E-state index contributed by atoms with van der Waals surface area (Å²) in [7, 11) is 1.33. The number of carbonyl (C=O) groups is 2. The van der Waals surface area contributed by atoms with Crippen molar-refractivity contribution in [3.63, 3.8) is 0 Å². The first kappa shape index (κ1) is 10.8. The molecule has 0 bridgehead atoms. The average Bonchev–Trinajstić information content (AvgIpc) is 2.16. The zero-order valence-electron chi connectivity index (χ0n) is 8.10. The van der Waals surface area contributed by atoms with Crippen LogP contribution in [0.5, 0.6) is 0 Å². The molecule has 0 unspecified atom stereocenters. The lowest BCUT2D eigenvalue weighted by atomic mass is 9.81. The van der Waals surface area contributed by atoms with Crippen molar-refractivity contribution in [2.24, 2.45) is 11.8 Å². The van der Waals surface area contributed by atoms with E-state index in [1.165, 1.54) is 7.11 Å². The molecule has 2 atom stereocenters. The van der Waals surface area contributed by atoms with Gasteiger partial charge in [-0.25, -0.2) is 0 Å². The molecule has 0 heterocycles. The minimum Gasteiger partial charge on any atom is -0.481 e. The van der Waals surface area contributed by atoms with Crippen LogP contribution in [0.2, 0.25) is 0 Å². The molecule has 0 aromatic rings. The highest BCUT2D eigenvalue weighted by Crippen LogP contribution is 2.29. The predicted molar refractivity (Wildman–Crippen MR) is 49.6 cm³/mol. The van der Waals surface area contributed by atoms with E-state index in [4.69, 9.17) is 5.11 Å². The standard InChI is InChI=1S/C10H14O4/c1-14-10(13)8-5-3-2-4-7(8)6-9(11)12/h2-3,7-8H,4-6H2,1H3,(H,11,12)/t7-,8-/m1/s1. The van der Waals surface area contributed by atoms with Crippen LogP contribution in [0.4, 0.5) is 0 Å². The molecule has 0 radical (unpaired) electrons. The van der Waals surface area contributed by atoms with Gasteiger partial charge in [-0.1, -0.05) is 12.2 Å². The van der Waals surface area contributed by atoms with Gasteiger partial charge >= 0.3 is 11.9 Å². The van der Waals surface area contributed by atoms with E-state index >= 15 is 0 Å². The minimum atomic E-state index is -0.862. The molecule has 14 heavy (non-hydrogen) atoms. The van der Waals surface area contributed by atoms with Gasteiger partial charge in [-0.2, -0.15) is 0 Å². The molecule has 0 aromatic heterocycles. The number of allylic oxidation sites excluding steroid dienone is 2. The minimum absolute atomic E-state index is 0.0319. The van der Waals surface area contributed by atoms with E-state index in [0.29, 0.717) is 12.8 Å². The lowest BCUT2D eigenvalue weighted by molar-refractivity contribution is -0.148. The molecule has 4 nitrogen and oxygen atoms in total. The molecule has 0 saturated heterocycles. The number of hydrogen-bond donors (Lipinski definition) is 1. The maximum absolute atomic E-state index is 11.3. The Labute approximate surface area is 82.6 Å². The Balaban J connectivity index is 2.65. The fraction of sp³-hybridized carbons (Fsp3) is 0.600. The van der Waals surface area contributed by atoms with Gasteiger partial charge in [-0.15, -0.1) is 0 Å². The second-order valence-electron chi connectivity index (χ2n) is 3.43. The Kier molecular flexibility index (Phi) is 3.68. The Hall–Kier alpha value is -1.32. The first-order chi connectivity index (χ1) is 6.65. The third-order valence-corrected chi connectivity index (χ3v) is 2.51. The van der Waals surface area contributed by atoms with Crippen LogP contribution in [0.25, 0.3) is 0 Å². The van der Waals surface area contributed by atoms with Gasteiger partial charge in [-0.05, 0) is 18.8 Å². The van der Waals surface area contributed by atoms with Crippen molar-refractivity contribution in [1.29, 1.82) is 0 Å².